The Morgan fingerprint density at radius 3 is 1.06 bits per heavy atom. The van der Waals surface area contributed by atoms with Gasteiger partial charge >= 0.3 is 17.1 Å². The molecule has 90 valence electrons. The van der Waals surface area contributed by atoms with Gasteiger partial charge in [-0.25, -0.2) is 14.4 Å². The van der Waals surface area contributed by atoms with E-state index in [4.69, 9.17) is 35.3 Å². The van der Waals surface area contributed by atoms with Gasteiger partial charge in [0.2, 0.25) is 0 Å². The fraction of sp³-hybridized carbons (Fsp3) is 0.333. The Bertz CT molecular complexity index is 464. The molecule has 0 atom stereocenters. The second-order valence-corrected chi connectivity index (χ2v) is 3.61. The Balaban J connectivity index is 0.000000487. The lowest BCUT2D eigenvalue weighted by atomic mass is 10.6. The third kappa shape index (κ3) is 3.51. The zero-order valence-corrected chi connectivity index (χ0v) is 10.4. The Labute approximate surface area is 104 Å². The number of rotatable bonds is 0. The van der Waals surface area contributed by atoms with Gasteiger partial charge in [-0.15, -0.1) is 12.3 Å². The van der Waals surface area contributed by atoms with E-state index in [1.807, 2.05) is 0 Å². The third-order valence-corrected chi connectivity index (χ3v) is 1.88. The SMILES string of the molecule is CC(C)=O.O=c1n(Cl)c(=O)n(Cl)c(=O)n1Cl. The van der Waals surface area contributed by atoms with E-state index in [-0.39, 0.29) is 18.0 Å². The van der Waals surface area contributed by atoms with Gasteiger partial charge in [0.1, 0.15) is 5.78 Å². The van der Waals surface area contributed by atoms with E-state index in [0.717, 1.165) is 0 Å². The average molecular weight is 290 g/mol. The molecular formula is C6H6Cl3N3O4. The smallest absolute Gasteiger partial charge is 0.300 e. The van der Waals surface area contributed by atoms with Crippen LogP contribution in [0.4, 0.5) is 0 Å². The Hall–Kier alpha value is -1.05. The van der Waals surface area contributed by atoms with E-state index in [2.05, 4.69) is 0 Å². The maximum atomic E-state index is 10.8. The average Bonchev–Trinajstić information content (AvgIpc) is 2.20. The van der Waals surface area contributed by atoms with Gasteiger partial charge in [0, 0.05) is 35.3 Å². The van der Waals surface area contributed by atoms with Gasteiger partial charge in [-0.2, -0.15) is 0 Å². The van der Waals surface area contributed by atoms with Crippen molar-refractivity contribution in [2.24, 2.45) is 0 Å². The minimum Gasteiger partial charge on any atom is -0.300 e. The molecule has 0 aliphatic carbocycles. The zero-order chi connectivity index (χ0) is 13.0. The van der Waals surface area contributed by atoms with Gasteiger partial charge in [0.25, 0.3) is 0 Å². The maximum absolute atomic E-state index is 10.8. The first-order chi connectivity index (χ1) is 7.20. The van der Waals surface area contributed by atoms with Gasteiger partial charge < -0.3 is 4.79 Å². The van der Waals surface area contributed by atoms with Crippen molar-refractivity contribution < 1.29 is 4.79 Å². The molecule has 1 aromatic rings. The van der Waals surface area contributed by atoms with Crippen LogP contribution in [0.2, 0.25) is 0 Å². The van der Waals surface area contributed by atoms with Crippen LogP contribution in [0.1, 0.15) is 13.8 Å². The summed E-state index contributed by atoms with van der Waals surface area (Å²) in [6.45, 7) is 3.06. The summed E-state index contributed by atoms with van der Waals surface area (Å²) in [5.41, 5.74) is -3.49. The van der Waals surface area contributed by atoms with E-state index in [1.165, 1.54) is 13.8 Å². The molecule has 0 aliphatic heterocycles. The second-order valence-electron chi connectivity index (χ2n) is 2.60. The monoisotopic (exact) mass is 289 g/mol. The quantitative estimate of drug-likeness (QED) is 0.661. The van der Waals surface area contributed by atoms with E-state index >= 15 is 0 Å². The number of nitrogens with zero attached hydrogens (tertiary/aromatic N) is 3. The number of halogens is 3. The fourth-order valence-corrected chi connectivity index (χ4v) is 1.05. The topological polar surface area (TPSA) is 83.1 Å². The highest BCUT2D eigenvalue weighted by Crippen LogP contribution is 1.78. The highest BCUT2D eigenvalue weighted by molar-refractivity contribution is 6.19. The molecular weight excluding hydrogens is 284 g/mol. The molecule has 0 N–H and O–H groups in total. The van der Waals surface area contributed by atoms with Gasteiger partial charge in [-0.05, 0) is 13.8 Å². The lowest BCUT2D eigenvalue weighted by Crippen LogP contribution is -2.47. The minimum atomic E-state index is -1.16. The maximum Gasteiger partial charge on any atom is 0.366 e. The highest BCUT2D eigenvalue weighted by Gasteiger charge is 2.10. The second kappa shape index (κ2) is 5.88. The van der Waals surface area contributed by atoms with Crippen LogP contribution in [0.5, 0.6) is 0 Å². The molecule has 1 heterocycles. The van der Waals surface area contributed by atoms with Crippen LogP contribution in [-0.2, 0) is 4.79 Å². The molecule has 0 amide bonds. The van der Waals surface area contributed by atoms with Crippen molar-refractivity contribution in [1.29, 1.82) is 0 Å². The summed E-state index contributed by atoms with van der Waals surface area (Å²) in [6.07, 6.45) is 0. The van der Waals surface area contributed by atoms with E-state index in [9.17, 15) is 19.2 Å². The summed E-state index contributed by atoms with van der Waals surface area (Å²) in [5.74, 6) is 0.167. The number of carbonyl (C=O) groups is 1. The number of hydrogen-bond acceptors (Lipinski definition) is 4. The number of Topliss-reactive ketones (excluding diaryl/α,β-unsaturated/α-hetero) is 1. The molecule has 7 nitrogen and oxygen atoms in total. The van der Waals surface area contributed by atoms with Crippen molar-refractivity contribution in [3.05, 3.63) is 31.5 Å². The fourth-order valence-electron chi connectivity index (χ4n) is 0.477. The van der Waals surface area contributed by atoms with Gasteiger partial charge in [0.15, 0.2) is 0 Å². The van der Waals surface area contributed by atoms with Crippen molar-refractivity contribution in [3.8, 4) is 0 Å². The van der Waals surface area contributed by atoms with Gasteiger partial charge in [-0.3, -0.25) is 0 Å². The predicted molar refractivity (Wildman–Crippen MR) is 59.3 cm³/mol. The van der Waals surface area contributed by atoms with Gasteiger partial charge in [0.05, 0.1) is 0 Å². The predicted octanol–water partition coefficient (Wildman–Crippen LogP) is -0.227. The Kier molecular flexibility index (Phi) is 5.49. The first kappa shape index (κ1) is 14.9. The Morgan fingerprint density at radius 1 is 0.812 bits per heavy atom. The van der Waals surface area contributed by atoms with Crippen LogP contribution < -0.4 is 17.1 Å². The van der Waals surface area contributed by atoms with E-state index in [0.29, 0.717) is 0 Å². The molecule has 16 heavy (non-hydrogen) atoms. The molecule has 0 spiro atoms. The normalized spacial score (nSPS) is 9.31. The van der Waals surface area contributed by atoms with Crippen molar-refractivity contribution in [2.75, 3.05) is 0 Å². The molecule has 1 rings (SSSR count). The highest BCUT2D eigenvalue weighted by atomic mass is 35.5. The van der Waals surface area contributed by atoms with Crippen molar-refractivity contribution in [1.82, 2.24) is 12.3 Å². The van der Waals surface area contributed by atoms with Crippen LogP contribution in [0.25, 0.3) is 0 Å². The molecule has 0 bridgehead atoms. The summed E-state index contributed by atoms with van der Waals surface area (Å²) < 4.78 is 0.254. The molecule has 0 saturated heterocycles. The zero-order valence-electron chi connectivity index (χ0n) is 8.11. The summed E-state index contributed by atoms with van der Waals surface area (Å²) in [5, 5.41) is 0. The first-order valence-corrected chi connectivity index (χ1v) is 4.68. The third-order valence-electron chi connectivity index (χ3n) is 1.01. The number of ketones is 1. The molecule has 0 aliphatic rings. The molecule has 0 unspecified atom stereocenters. The summed E-state index contributed by atoms with van der Waals surface area (Å²) in [4.78, 5) is 41.7. The van der Waals surface area contributed by atoms with Crippen molar-refractivity contribution >= 4 is 41.1 Å². The molecule has 10 heteroatoms. The number of aromatic nitrogens is 3. The van der Waals surface area contributed by atoms with E-state index in [1.54, 1.807) is 0 Å². The molecule has 0 fully saturated rings. The first-order valence-electron chi connectivity index (χ1n) is 3.67. The lowest BCUT2D eigenvalue weighted by Gasteiger charge is -1.96. The largest absolute Gasteiger partial charge is 0.366 e. The van der Waals surface area contributed by atoms with Crippen LogP contribution in [-0.4, -0.2) is 18.0 Å². The van der Waals surface area contributed by atoms with Crippen LogP contribution >= 0.6 is 35.3 Å². The Morgan fingerprint density at radius 2 is 0.938 bits per heavy atom. The van der Waals surface area contributed by atoms with Crippen LogP contribution in [0.3, 0.4) is 0 Å². The van der Waals surface area contributed by atoms with Gasteiger partial charge in [-0.1, -0.05) is 0 Å². The van der Waals surface area contributed by atoms with Crippen LogP contribution in [0, 0.1) is 0 Å². The molecule has 0 radical (unpaired) electrons. The molecule has 0 aromatic carbocycles. The summed E-state index contributed by atoms with van der Waals surface area (Å²) >= 11 is 15.3. The lowest BCUT2D eigenvalue weighted by molar-refractivity contribution is -0.114. The molecule has 0 saturated carbocycles. The van der Waals surface area contributed by atoms with Crippen LogP contribution in [0.15, 0.2) is 14.4 Å². The summed E-state index contributed by atoms with van der Waals surface area (Å²) in [7, 11) is 0. The number of carbonyl (C=O) groups excluding carboxylic acids is 1. The van der Waals surface area contributed by atoms with E-state index < -0.39 is 17.1 Å². The summed E-state index contributed by atoms with van der Waals surface area (Å²) in [6, 6.07) is 0. The standard InChI is InChI=1S/C3Cl3N3O3.C3H6O/c4-7-1(10)8(5)3(12)9(6)2(7)11;1-3(2)4/h;1-2H3. The van der Waals surface area contributed by atoms with Crippen molar-refractivity contribution in [3.63, 3.8) is 0 Å². The van der Waals surface area contributed by atoms with Crippen molar-refractivity contribution in [2.45, 2.75) is 13.8 Å². The minimum absolute atomic E-state index is 0.0847. The number of hydrogen-bond donors (Lipinski definition) is 0. The molecule has 1 aromatic heterocycles.